The summed E-state index contributed by atoms with van der Waals surface area (Å²) in [5.41, 5.74) is 6.19. The second kappa shape index (κ2) is 8.99. The van der Waals surface area contributed by atoms with E-state index in [2.05, 4.69) is 16.0 Å². The molecule has 0 saturated heterocycles. The molecule has 1 atom stereocenters. The Morgan fingerprint density at radius 2 is 1.74 bits per heavy atom. The van der Waals surface area contributed by atoms with Gasteiger partial charge in [0.15, 0.2) is 11.8 Å². The van der Waals surface area contributed by atoms with Crippen LogP contribution in [0.15, 0.2) is 77.6 Å². The summed E-state index contributed by atoms with van der Waals surface area (Å²) >= 11 is 6.00. The van der Waals surface area contributed by atoms with Crippen molar-refractivity contribution in [1.82, 2.24) is 20.6 Å². The lowest BCUT2D eigenvalue weighted by atomic mass is 10.1. The Bertz CT molecular complexity index is 1470. The Labute approximate surface area is 199 Å². The van der Waals surface area contributed by atoms with Crippen molar-refractivity contribution >= 4 is 34.2 Å². The number of amides is 2. The van der Waals surface area contributed by atoms with E-state index in [0.717, 1.165) is 11.1 Å². The Morgan fingerprint density at radius 1 is 1.00 bits per heavy atom. The predicted molar refractivity (Wildman–Crippen MR) is 127 cm³/mol. The van der Waals surface area contributed by atoms with Gasteiger partial charge in [0.2, 0.25) is 0 Å². The number of benzene rings is 3. The highest BCUT2D eigenvalue weighted by atomic mass is 35.5. The summed E-state index contributed by atoms with van der Waals surface area (Å²) in [6, 6.07) is 21.2. The summed E-state index contributed by atoms with van der Waals surface area (Å²) in [5, 5.41) is 5.61. The quantitative estimate of drug-likeness (QED) is 0.443. The number of rotatable bonds is 4. The number of nitrogens with zero attached hydrogens (tertiary/aromatic N) is 2. The first-order valence-corrected chi connectivity index (χ1v) is 11.0. The van der Waals surface area contributed by atoms with Crippen molar-refractivity contribution in [3.8, 4) is 5.75 Å². The molecule has 0 radical (unpaired) electrons. The fourth-order valence-electron chi connectivity index (χ4n) is 3.89. The smallest absolute Gasteiger partial charge is 0.290 e. The molecule has 4 aromatic rings. The van der Waals surface area contributed by atoms with E-state index in [-0.39, 0.29) is 17.8 Å². The molecule has 9 heteroatoms. The zero-order chi connectivity index (χ0) is 23.7. The molecular weight excluding hydrogens is 456 g/mol. The first-order valence-electron chi connectivity index (χ1n) is 10.6. The van der Waals surface area contributed by atoms with Crippen LogP contribution in [0.25, 0.3) is 10.8 Å². The number of ether oxygens (including phenoxy) is 1. The SMILES string of the molecule is O=C(NNC(=O)C1Cc2cc(Cl)ccc2O1)c1nn(Cc2ccccc2)c(=O)c2ccccc12. The minimum absolute atomic E-state index is 0.0221. The Hall–Kier alpha value is -4.17. The largest absolute Gasteiger partial charge is 0.480 e. The number of hydrazine groups is 1. The molecule has 0 aliphatic carbocycles. The number of carbonyl (C=O) groups excluding carboxylic acids is 2. The van der Waals surface area contributed by atoms with Crippen LogP contribution in [-0.2, 0) is 17.8 Å². The molecule has 1 unspecified atom stereocenters. The standard InChI is InChI=1S/C25H19ClN4O4/c26-17-10-11-20-16(12-17)13-21(34-20)23(31)27-28-24(32)22-18-8-4-5-9-19(18)25(33)30(29-22)14-15-6-2-1-3-7-15/h1-12,21H,13-14H2,(H,27,31)(H,28,32). The highest BCUT2D eigenvalue weighted by molar-refractivity contribution is 6.30. The molecule has 0 bridgehead atoms. The maximum Gasteiger partial charge on any atom is 0.290 e. The minimum atomic E-state index is -0.800. The van der Waals surface area contributed by atoms with Crippen LogP contribution in [0.3, 0.4) is 0 Å². The Kier molecular flexibility index (Phi) is 5.73. The third kappa shape index (κ3) is 4.23. The number of halogens is 1. The Balaban J connectivity index is 1.36. The van der Waals surface area contributed by atoms with Gasteiger partial charge in [-0.05, 0) is 35.4 Å². The molecular formula is C25H19ClN4O4. The molecule has 0 saturated carbocycles. The summed E-state index contributed by atoms with van der Waals surface area (Å²) in [4.78, 5) is 38.5. The summed E-state index contributed by atoms with van der Waals surface area (Å²) in [6.45, 7) is 0.202. The van der Waals surface area contributed by atoms with Gasteiger partial charge < -0.3 is 4.74 Å². The van der Waals surface area contributed by atoms with Crippen molar-refractivity contribution in [2.45, 2.75) is 19.1 Å². The predicted octanol–water partition coefficient (Wildman–Crippen LogP) is 2.86. The van der Waals surface area contributed by atoms with Crippen LogP contribution in [-0.4, -0.2) is 27.7 Å². The van der Waals surface area contributed by atoms with Crippen LogP contribution < -0.4 is 21.1 Å². The van der Waals surface area contributed by atoms with E-state index in [4.69, 9.17) is 16.3 Å². The number of fused-ring (bicyclic) bond motifs is 2. The fraction of sp³-hybridized carbons (Fsp3) is 0.120. The molecule has 1 aliphatic rings. The number of nitrogens with one attached hydrogen (secondary N) is 2. The molecule has 3 aromatic carbocycles. The van der Waals surface area contributed by atoms with Crippen molar-refractivity contribution in [3.05, 3.63) is 105 Å². The van der Waals surface area contributed by atoms with Crippen LogP contribution in [0, 0.1) is 0 Å². The van der Waals surface area contributed by atoms with Gasteiger partial charge in [-0.2, -0.15) is 5.10 Å². The summed E-state index contributed by atoms with van der Waals surface area (Å²) in [7, 11) is 0. The van der Waals surface area contributed by atoms with Crippen molar-refractivity contribution in [2.75, 3.05) is 0 Å². The molecule has 8 nitrogen and oxygen atoms in total. The first-order chi connectivity index (χ1) is 16.5. The van der Waals surface area contributed by atoms with E-state index in [1.165, 1.54) is 4.68 Å². The van der Waals surface area contributed by atoms with E-state index < -0.39 is 17.9 Å². The minimum Gasteiger partial charge on any atom is -0.480 e. The number of aromatic nitrogens is 2. The molecule has 2 amide bonds. The summed E-state index contributed by atoms with van der Waals surface area (Å²) in [5.74, 6) is -0.580. The fourth-order valence-corrected chi connectivity index (χ4v) is 4.08. The molecule has 0 fully saturated rings. The normalized spacial score (nSPS) is 14.3. The lowest BCUT2D eigenvalue weighted by molar-refractivity contribution is -0.128. The zero-order valence-corrected chi connectivity index (χ0v) is 18.6. The second-order valence-corrected chi connectivity index (χ2v) is 8.29. The highest BCUT2D eigenvalue weighted by Crippen LogP contribution is 2.31. The van der Waals surface area contributed by atoms with Gasteiger partial charge in [-0.25, -0.2) is 4.68 Å². The molecule has 34 heavy (non-hydrogen) atoms. The maximum atomic E-state index is 13.0. The highest BCUT2D eigenvalue weighted by Gasteiger charge is 2.30. The monoisotopic (exact) mass is 474 g/mol. The van der Waals surface area contributed by atoms with Gasteiger partial charge >= 0.3 is 0 Å². The van der Waals surface area contributed by atoms with Gasteiger partial charge in [0.25, 0.3) is 17.4 Å². The lowest BCUT2D eigenvalue weighted by Crippen LogP contribution is -2.48. The van der Waals surface area contributed by atoms with Crippen molar-refractivity contribution in [3.63, 3.8) is 0 Å². The van der Waals surface area contributed by atoms with Crippen molar-refractivity contribution < 1.29 is 14.3 Å². The third-order valence-electron chi connectivity index (χ3n) is 5.55. The first kappa shape index (κ1) is 21.7. The number of hydrogen-bond acceptors (Lipinski definition) is 5. The molecule has 170 valence electrons. The molecule has 0 spiro atoms. The van der Waals surface area contributed by atoms with Gasteiger partial charge in [0.05, 0.1) is 11.9 Å². The van der Waals surface area contributed by atoms with Gasteiger partial charge in [-0.3, -0.25) is 25.2 Å². The van der Waals surface area contributed by atoms with Crippen LogP contribution in [0.2, 0.25) is 5.02 Å². The van der Waals surface area contributed by atoms with Gasteiger partial charge in [0, 0.05) is 16.8 Å². The summed E-state index contributed by atoms with van der Waals surface area (Å²) in [6.07, 6.45) is -0.466. The number of hydrogen-bond donors (Lipinski definition) is 2. The molecule has 2 N–H and O–H groups in total. The topological polar surface area (TPSA) is 102 Å². The van der Waals surface area contributed by atoms with Gasteiger partial charge in [-0.1, -0.05) is 60.1 Å². The third-order valence-corrected chi connectivity index (χ3v) is 5.78. The van der Waals surface area contributed by atoms with Crippen molar-refractivity contribution in [2.24, 2.45) is 0 Å². The molecule has 1 aliphatic heterocycles. The zero-order valence-electron chi connectivity index (χ0n) is 17.8. The van der Waals surface area contributed by atoms with Crippen LogP contribution in [0.4, 0.5) is 0 Å². The van der Waals surface area contributed by atoms with E-state index in [0.29, 0.717) is 28.0 Å². The van der Waals surface area contributed by atoms with Crippen LogP contribution in [0.5, 0.6) is 5.75 Å². The number of carbonyl (C=O) groups is 2. The molecule has 5 rings (SSSR count). The van der Waals surface area contributed by atoms with E-state index >= 15 is 0 Å². The molecule has 1 aromatic heterocycles. The second-order valence-electron chi connectivity index (χ2n) is 7.85. The van der Waals surface area contributed by atoms with E-state index in [1.54, 1.807) is 42.5 Å². The van der Waals surface area contributed by atoms with Crippen LogP contribution in [0.1, 0.15) is 21.6 Å². The van der Waals surface area contributed by atoms with Gasteiger partial charge in [0.1, 0.15) is 5.75 Å². The maximum absolute atomic E-state index is 13.0. The average molecular weight is 475 g/mol. The Morgan fingerprint density at radius 3 is 2.53 bits per heavy atom. The van der Waals surface area contributed by atoms with Crippen molar-refractivity contribution in [1.29, 1.82) is 0 Å². The van der Waals surface area contributed by atoms with E-state index in [1.807, 2.05) is 30.3 Å². The van der Waals surface area contributed by atoms with E-state index in [9.17, 15) is 14.4 Å². The lowest BCUT2D eigenvalue weighted by Gasteiger charge is -2.14. The summed E-state index contributed by atoms with van der Waals surface area (Å²) < 4.78 is 6.90. The van der Waals surface area contributed by atoms with Gasteiger partial charge in [-0.15, -0.1) is 0 Å². The average Bonchev–Trinajstić information content (AvgIpc) is 3.28. The molecule has 2 heterocycles. The van der Waals surface area contributed by atoms with Crippen LogP contribution >= 0.6 is 11.6 Å².